The van der Waals surface area contributed by atoms with Gasteiger partial charge in [0.1, 0.15) is 0 Å². The van der Waals surface area contributed by atoms with Crippen LogP contribution < -0.4 is 10.6 Å². The lowest BCUT2D eigenvalue weighted by molar-refractivity contribution is 0.289. The molecular formula is C17H32N6. The lowest BCUT2D eigenvalue weighted by Crippen LogP contribution is -2.41. The lowest BCUT2D eigenvalue weighted by Gasteiger charge is -2.20. The van der Waals surface area contributed by atoms with Crippen LogP contribution in [0, 0.1) is 13.8 Å². The summed E-state index contributed by atoms with van der Waals surface area (Å²) in [6.45, 7) is 9.42. The minimum absolute atomic E-state index is 0.759. The van der Waals surface area contributed by atoms with E-state index in [1.54, 1.807) is 0 Å². The molecule has 0 bridgehead atoms. The largest absolute Gasteiger partial charge is 0.355 e. The van der Waals surface area contributed by atoms with Crippen molar-refractivity contribution < 1.29 is 0 Å². The molecule has 1 aliphatic rings. The van der Waals surface area contributed by atoms with E-state index in [1.165, 1.54) is 50.0 Å². The molecule has 1 aromatic heterocycles. The van der Waals surface area contributed by atoms with Crippen molar-refractivity contribution in [1.29, 1.82) is 0 Å². The van der Waals surface area contributed by atoms with E-state index in [0.29, 0.717) is 0 Å². The summed E-state index contributed by atoms with van der Waals surface area (Å²) in [5, 5.41) is 11.3. The smallest absolute Gasteiger partial charge is 0.191 e. The van der Waals surface area contributed by atoms with Gasteiger partial charge in [-0.25, -0.2) is 0 Å². The van der Waals surface area contributed by atoms with Gasteiger partial charge in [0.15, 0.2) is 5.96 Å². The maximum absolute atomic E-state index is 4.46. The normalized spacial score (nSPS) is 17.1. The first-order chi connectivity index (χ1) is 11.1. The van der Waals surface area contributed by atoms with Crippen LogP contribution in [0.1, 0.15) is 42.6 Å². The Kier molecular flexibility index (Phi) is 6.89. The summed E-state index contributed by atoms with van der Waals surface area (Å²) in [4.78, 5) is 6.88. The number of aliphatic imine (C=N–C) groups is 1. The topological polar surface area (TPSA) is 57.5 Å². The number of nitrogens with one attached hydrogen (secondary N) is 2. The summed E-state index contributed by atoms with van der Waals surface area (Å²) >= 11 is 0. The number of rotatable bonds is 5. The quantitative estimate of drug-likeness (QED) is 0.639. The van der Waals surface area contributed by atoms with E-state index in [1.807, 2.05) is 18.8 Å². The Labute approximate surface area is 140 Å². The second-order valence-corrected chi connectivity index (χ2v) is 6.38. The highest BCUT2D eigenvalue weighted by Crippen LogP contribution is 2.11. The van der Waals surface area contributed by atoms with E-state index in [-0.39, 0.29) is 0 Å². The highest BCUT2D eigenvalue weighted by molar-refractivity contribution is 5.79. The first-order valence-corrected chi connectivity index (χ1v) is 8.77. The molecule has 0 aromatic carbocycles. The van der Waals surface area contributed by atoms with Gasteiger partial charge in [0.05, 0.1) is 5.69 Å². The molecule has 23 heavy (non-hydrogen) atoms. The zero-order valence-corrected chi connectivity index (χ0v) is 15.2. The van der Waals surface area contributed by atoms with Gasteiger partial charge in [-0.05, 0) is 39.8 Å². The molecule has 1 aromatic rings. The van der Waals surface area contributed by atoms with Crippen LogP contribution in [0.3, 0.4) is 0 Å². The third-order valence-electron chi connectivity index (χ3n) is 4.73. The second-order valence-electron chi connectivity index (χ2n) is 6.38. The van der Waals surface area contributed by atoms with Crippen molar-refractivity contribution in [1.82, 2.24) is 25.3 Å². The Bertz CT molecular complexity index is 511. The minimum atomic E-state index is 0.759. The van der Waals surface area contributed by atoms with E-state index in [2.05, 4.69) is 39.5 Å². The van der Waals surface area contributed by atoms with E-state index >= 15 is 0 Å². The van der Waals surface area contributed by atoms with Crippen LogP contribution in [-0.2, 0) is 13.6 Å². The third kappa shape index (κ3) is 5.23. The Balaban J connectivity index is 1.75. The van der Waals surface area contributed by atoms with Gasteiger partial charge >= 0.3 is 0 Å². The molecule has 0 spiro atoms. The molecule has 6 heteroatoms. The molecule has 0 radical (unpaired) electrons. The Hall–Kier alpha value is -1.56. The summed E-state index contributed by atoms with van der Waals surface area (Å²) in [6, 6.07) is 0. The van der Waals surface area contributed by atoms with Gasteiger partial charge in [0, 0.05) is 45.0 Å². The van der Waals surface area contributed by atoms with Crippen molar-refractivity contribution in [2.75, 3.05) is 33.2 Å². The number of hydrogen-bond acceptors (Lipinski definition) is 3. The minimum Gasteiger partial charge on any atom is -0.355 e. The summed E-state index contributed by atoms with van der Waals surface area (Å²) in [5.74, 6) is 0.863. The molecule has 2 N–H and O–H groups in total. The Morgan fingerprint density at radius 3 is 2.39 bits per heavy atom. The van der Waals surface area contributed by atoms with Crippen LogP contribution in [0.25, 0.3) is 0 Å². The van der Waals surface area contributed by atoms with Crippen LogP contribution >= 0.6 is 0 Å². The van der Waals surface area contributed by atoms with Gasteiger partial charge in [-0.15, -0.1) is 0 Å². The van der Waals surface area contributed by atoms with Gasteiger partial charge in [0.2, 0.25) is 0 Å². The number of hydrogen-bond donors (Lipinski definition) is 2. The third-order valence-corrected chi connectivity index (χ3v) is 4.73. The van der Waals surface area contributed by atoms with Crippen molar-refractivity contribution >= 4 is 5.96 Å². The summed E-state index contributed by atoms with van der Waals surface area (Å²) < 4.78 is 1.93. The molecule has 0 saturated carbocycles. The molecule has 1 fully saturated rings. The maximum Gasteiger partial charge on any atom is 0.191 e. The van der Waals surface area contributed by atoms with E-state index < -0.39 is 0 Å². The molecule has 2 heterocycles. The van der Waals surface area contributed by atoms with Crippen LogP contribution in [0.15, 0.2) is 4.99 Å². The van der Waals surface area contributed by atoms with Gasteiger partial charge in [-0.2, -0.15) is 5.10 Å². The maximum atomic E-state index is 4.46. The van der Waals surface area contributed by atoms with Crippen LogP contribution in [-0.4, -0.2) is 53.9 Å². The van der Waals surface area contributed by atoms with Crippen molar-refractivity contribution in [3.05, 3.63) is 17.0 Å². The average molecular weight is 320 g/mol. The summed E-state index contributed by atoms with van der Waals surface area (Å²) in [5.41, 5.74) is 3.54. The van der Waals surface area contributed by atoms with Gasteiger partial charge in [0.25, 0.3) is 0 Å². The molecule has 1 aliphatic heterocycles. The molecule has 0 unspecified atom stereocenters. The molecule has 0 amide bonds. The molecule has 0 aliphatic carbocycles. The van der Waals surface area contributed by atoms with Crippen molar-refractivity contribution in [2.24, 2.45) is 12.0 Å². The highest BCUT2D eigenvalue weighted by Gasteiger charge is 2.11. The van der Waals surface area contributed by atoms with Gasteiger partial charge in [-0.1, -0.05) is 12.8 Å². The fourth-order valence-corrected chi connectivity index (χ4v) is 3.16. The standard InChI is InChI=1S/C17H32N6/c1-14-16(15(2)22(4)21-14)13-20-17(18-3)19-9-12-23-10-7-5-6-8-11-23/h5-13H2,1-4H3,(H2,18,19,20). The second kappa shape index (κ2) is 8.91. The van der Waals surface area contributed by atoms with Crippen molar-refractivity contribution in [2.45, 2.75) is 46.1 Å². The van der Waals surface area contributed by atoms with Gasteiger partial charge < -0.3 is 15.5 Å². The van der Waals surface area contributed by atoms with E-state index in [0.717, 1.165) is 31.3 Å². The predicted molar refractivity (Wildman–Crippen MR) is 95.8 cm³/mol. The van der Waals surface area contributed by atoms with Crippen LogP contribution in [0.2, 0.25) is 0 Å². The fourth-order valence-electron chi connectivity index (χ4n) is 3.16. The molecule has 1 saturated heterocycles. The number of guanidine groups is 1. The summed E-state index contributed by atoms with van der Waals surface area (Å²) in [7, 11) is 3.81. The van der Waals surface area contributed by atoms with Crippen LogP contribution in [0.5, 0.6) is 0 Å². The van der Waals surface area contributed by atoms with Crippen molar-refractivity contribution in [3.63, 3.8) is 0 Å². The van der Waals surface area contributed by atoms with Gasteiger partial charge in [-0.3, -0.25) is 9.67 Å². The number of aromatic nitrogens is 2. The van der Waals surface area contributed by atoms with E-state index in [9.17, 15) is 0 Å². The number of likely N-dealkylation sites (tertiary alicyclic amines) is 1. The molecule has 0 atom stereocenters. The Morgan fingerprint density at radius 1 is 1.13 bits per heavy atom. The first-order valence-electron chi connectivity index (χ1n) is 8.77. The van der Waals surface area contributed by atoms with E-state index in [4.69, 9.17) is 0 Å². The van der Waals surface area contributed by atoms with Crippen molar-refractivity contribution in [3.8, 4) is 0 Å². The molecule has 130 valence electrons. The predicted octanol–water partition coefficient (Wildman–Crippen LogP) is 1.58. The molecule has 6 nitrogen and oxygen atoms in total. The number of nitrogens with zero attached hydrogens (tertiary/aromatic N) is 4. The zero-order valence-electron chi connectivity index (χ0n) is 15.2. The number of aryl methyl sites for hydroxylation is 2. The lowest BCUT2D eigenvalue weighted by atomic mass is 10.2. The monoisotopic (exact) mass is 320 g/mol. The molecule has 2 rings (SSSR count). The first kappa shape index (κ1) is 17.8. The SMILES string of the molecule is CN=C(NCCN1CCCCCC1)NCc1c(C)nn(C)c1C. The van der Waals surface area contributed by atoms with Crippen LogP contribution in [0.4, 0.5) is 0 Å². The fraction of sp³-hybridized carbons (Fsp3) is 0.765. The zero-order chi connectivity index (χ0) is 16.7. The Morgan fingerprint density at radius 2 is 1.83 bits per heavy atom. The average Bonchev–Trinajstić information content (AvgIpc) is 2.75. The highest BCUT2D eigenvalue weighted by atomic mass is 15.3. The molecular weight excluding hydrogens is 288 g/mol. The summed E-state index contributed by atoms with van der Waals surface area (Å²) in [6.07, 6.45) is 5.45.